The van der Waals surface area contributed by atoms with Crippen molar-refractivity contribution in [1.29, 1.82) is 0 Å². The second-order valence-corrected chi connectivity index (χ2v) is 9.40. The molecule has 1 aromatic carbocycles. The summed E-state index contributed by atoms with van der Waals surface area (Å²) in [5.74, 6) is 0.0255. The Hall–Kier alpha value is -1.51. The minimum atomic E-state index is -0.233. The van der Waals surface area contributed by atoms with Crippen LogP contribution in [0, 0.1) is 10.6 Å². The molecule has 0 saturated heterocycles. The van der Waals surface area contributed by atoms with Crippen molar-refractivity contribution >= 4 is 34.1 Å². The van der Waals surface area contributed by atoms with Gasteiger partial charge in [0.15, 0.2) is 4.77 Å². The van der Waals surface area contributed by atoms with E-state index in [4.69, 9.17) is 12.2 Å². The molecule has 2 aliphatic rings. The molecular formula is C20H24BrFN4OS. The molecular weight excluding hydrogens is 443 g/mol. The van der Waals surface area contributed by atoms with Crippen molar-refractivity contribution in [3.8, 4) is 0 Å². The Morgan fingerprint density at radius 1 is 1.50 bits per heavy atom. The van der Waals surface area contributed by atoms with Crippen molar-refractivity contribution < 1.29 is 9.18 Å². The molecule has 0 spiro atoms. The Morgan fingerprint density at radius 3 is 3.04 bits per heavy atom. The number of halogens is 2. The van der Waals surface area contributed by atoms with E-state index >= 15 is 0 Å². The van der Waals surface area contributed by atoms with Crippen LogP contribution < -0.4 is 5.32 Å². The summed E-state index contributed by atoms with van der Waals surface area (Å²) in [6.07, 6.45) is 2.09. The lowest BCUT2D eigenvalue weighted by molar-refractivity contribution is -0.120. The van der Waals surface area contributed by atoms with Crippen LogP contribution in [-0.4, -0.2) is 47.5 Å². The average Bonchev–Trinajstić information content (AvgIpc) is 3.13. The molecule has 0 bridgehead atoms. The molecule has 0 radical (unpaired) electrons. The van der Waals surface area contributed by atoms with Gasteiger partial charge in [0.25, 0.3) is 0 Å². The molecule has 2 atom stereocenters. The molecule has 0 unspecified atom stereocenters. The summed E-state index contributed by atoms with van der Waals surface area (Å²) in [7, 11) is 4.03. The highest BCUT2D eigenvalue weighted by molar-refractivity contribution is 9.10. The second-order valence-electron chi connectivity index (χ2n) is 8.10. The second kappa shape index (κ2) is 7.39. The van der Waals surface area contributed by atoms with Crippen LogP contribution in [0.2, 0.25) is 0 Å². The fraction of sp³-hybridized carbons (Fsp3) is 0.500. The third-order valence-corrected chi connectivity index (χ3v) is 6.67. The summed E-state index contributed by atoms with van der Waals surface area (Å²) in [5.41, 5.74) is 2.45. The number of aromatic amines is 1. The normalized spacial score (nSPS) is 22.2. The monoisotopic (exact) mass is 466 g/mol. The highest BCUT2D eigenvalue weighted by Crippen LogP contribution is 2.66. The Kier molecular flexibility index (Phi) is 5.22. The molecule has 1 fully saturated rings. The van der Waals surface area contributed by atoms with Crippen LogP contribution in [0.1, 0.15) is 35.7 Å². The number of hydrogen-bond acceptors (Lipinski definition) is 3. The number of nitrogens with one attached hydrogen (secondary N) is 2. The standard InChI is InChI=1S/C20H24BrFN4OS/c1-25(2)7-3-6-23-17(27)9-16-18-14-10-20(14,11-26(18)19(28)24-16)13-8-12(21)4-5-15(13)22/h4-5,8,14H,3,6-7,9-11H2,1-2H3,(H,23,27)(H,24,28)/t14-,20+/m0/s1. The van der Waals surface area contributed by atoms with Crippen LogP contribution >= 0.6 is 28.1 Å². The number of aromatic nitrogens is 2. The predicted octanol–water partition coefficient (Wildman–Crippen LogP) is 3.50. The molecule has 1 amide bonds. The Bertz CT molecular complexity index is 985. The van der Waals surface area contributed by atoms with Gasteiger partial charge in [0.2, 0.25) is 5.91 Å². The molecule has 150 valence electrons. The molecule has 2 aromatic rings. The fourth-order valence-electron chi connectivity index (χ4n) is 4.45. The Morgan fingerprint density at radius 2 is 2.29 bits per heavy atom. The summed E-state index contributed by atoms with van der Waals surface area (Å²) < 4.78 is 18.1. The summed E-state index contributed by atoms with van der Waals surface area (Å²) in [6.45, 7) is 2.26. The first-order valence-corrected chi connectivity index (χ1v) is 10.7. The van der Waals surface area contributed by atoms with Gasteiger partial charge >= 0.3 is 0 Å². The van der Waals surface area contributed by atoms with Crippen LogP contribution in [0.25, 0.3) is 0 Å². The maximum atomic E-state index is 14.5. The van der Waals surface area contributed by atoms with Gasteiger partial charge in [-0.15, -0.1) is 0 Å². The van der Waals surface area contributed by atoms with E-state index in [0.717, 1.165) is 40.8 Å². The van der Waals surface area contributed by atoms with Crippen LogP contribution in [0.5, 0.6) is 0 Å². The van der Waals surface area contributed by atoms with Crippen molar-refractivity contribution in [2.45, 2.75) is 37.1 Å². The maximum Gasteiger partial charge on any atom is 0.226 e. The van der Waals surface area contributed by atoms with Crippen molar-refractivity contribution in [1.82, 2.24) is 19.8 Å². The predicted molar refractivity (Wildman–Crippen MR) is 113 cm³/mol. The van der Waals surface area contributed by atoms with Crippen molar-refractivity contribution in [2.24, 2.45) is 0 Å². The lowest BCUT2D eigenvalue weighted by Gasteiger charge is -2.14. The van der Waals surface area contributed by atoms with E-state index in [9.17, 15) is 9.18 Å². The molecule has 8 heteroatoms. The molecule has 1 saturated carbocycles. The first-order valence-electron chi connectivity index (χ1n) is 9.50. The SMILES string of the molecule is CN(C)CCCNC(=O)Cc1[nH]c(=S)n2c1[C@@H]1C[C@]1(c1cc(Br)ccc1F)C2. The van der Waals surface area contributed by atoms with E-state index in [0.29, 0.717) is 17.9 Å². The van der Waals surface area contributed by atoms with Gasteiger partial charge in [-0.3, -0.25) is 4.79 Å². The van der Waals surface area contributed by atoms with Crippen LogP contribution in [-0.2, 0) is 23.2 Å². The summed E-state index contributed by atoms with van der Waals surface area (Å²) in [4.78, 5) is 17.7. The minimum absolute atomic E-state index is 0.00908. The average molecular weight is 467 g/mol. The van der Waals surface area contributed by atoms with Gasteiger partial charge in [0.1, 0.15) is 5.82 Å². The van der Waals surface area contributed by atoms with E-state index < -0.39 is 0 Å². The van der Waals surface area contributed by atoms with Crippen molar-refractivity contribution in [2.75, 3.05) is 27.2 Å². The van der Waals surface area contributed by atoms with Gasteiger partial charge < -0.3 is 19.8 Å². The van der Waals surface area contributed by atoms with E-state index in [2.05, 4.69) is 35.7 Å². The molecule has 2 N–H and O–H groups in total. The summed E-state index contributed by atoms with van der Waals surface area (Å²) >= 11 is 8.94. The topological polar surface area (TPSA) is 53.1 Å². The molecule has 1 aromatic heterocycles. The number of benzene rings is 1. The largest absolute Gasteiger partial charge is 0.356 e. The zero-order chi connectivity index (χ0) is 20.1. The highest BCUT2D eigenvalue weighted by atomic mass is 79.9. The maximum absolute atomic E-state index is 14.5. The summed E-state index contributed by atoms with van der Waals surface area (Å²) in [6, 6.07) is 5.12. The van der Waals surface area contributed by atoms with Gasteiger partial charge in [-0.05, 0) is 69.5 Å². The van der Waals surface area contributed by atoms with E-state index in [1.807, 2.05) is 20.2 Å². The van der Waals surface area contributed by atoms with Crippen molar-refractivity contribution in [3.63, 3.8) is 0 Å². The van der Waals surface area contributed by atoms with Crippen LogP contribution in [0.3, 0.4) is 0 Å². The molecule has 1 aliphatic carbocycles. The lowest BCUT2D eigenvalue weighted by atomic mass is 9.93. The number of carbonyl (C=O) groups excluding carboxylic acids is 1. The van der Waals surface area contributed by atoms with Crippen LogP contribution in [0.4, 0.5) is 4.39 Å². The number of hydrogen-bond donors (Lipinski definition) is 2. The number of nitrogens with zero attached hydrogens (tertiary/aromatic N) is 2. The van der Waals surface area contributed by atoms with Crippen molar-refractivity contribution in [3.05, 3.63) is 50.2 Å². The van der Waals surface area contributed by atoms with Crippen LogP contribution in [0.15, 0.2) is 22.7 Å². The zero-order valence-corrected chi connectivity index (χ0v) is 18.4. The zero-order valence-electron chi connectivity index (χ0n) is 16.0. The number of amides is 1. The third-order valence-electron chi connectivity index (χ3n) is 5.85. The molecule has 4 rings (SSSR count). The van der Waals surface area contributed by atoms with Gasteiger partial charge in [0.05, 0.1) is 6.42 Å². The quantitative estimate of drug-likeness (QED) is 0.484. The third kappa shape index (κ3) is 3.46. The van der Waals surface area contributed by atoms with Gasteiger partial charge in [-0.25, -0.2) is 4.39 Å². The highest BCUT2D eigenvalue weighted by Gasteiger charge is 2.63. The molecule has 2 heterocycles. The van der Waals surface area contributed by atoms with Gasteiger partial charge in [0, 0.05) is 40.3 Å². The van der Waals surface area contributed by atoms with E-state index in [-0.39, 0.29) is 29.5 Å². The minimum Gasteiger partial charge on any atom is -0.356 e. The van der Waals surface area contributed by atoms with Gasteiger partial charge in [-0.2, -0.15) is 0 Å². The van der Waals surface area contributed by atoms with E-state index in [1.54, 1.807) is 6.07 Å². The van der Waals surface area contributed by atoms with E-state index in [1.165, 1.54) is 6.07 Å². The summed E-state index contributed by atoms with van der Waals surface area (Å²) in [5, 5.41) is 2.98. The molecule has 5 nitrogen and oxygen atoms in total. The Balaban J connectivity index is 1.50. The first kappa shape index (κ1) is 19.8. The molecule has 1 aliphatic heterocycles. The lowest BCUT2D eigenvalue weighted by Crippen LogP contribution is -2.28. The number of H-pyrrole nitrogens is 1. The number of imidazole rings is 1. The number of fused-ring (bicyclic) bond motifs is 3. The fourth-order valence-corrected chi connectivity index (χ4v) is 5.10. The number of carbonyl (C=O) groups is 1. The number of rotatable bonds is 7. The Labute approximate surface area is 177 Å². The smallest absolute Gasteiger partial charge is 0.226 e. The first-order chi connectivity index (χ1) is 13.3. The molecule has 28 heavy (non-hydrogen) atoms. The van der Waals surface area contributed by atoms with Gasteiger partial charge in [-0.1, -0.05) is 15.9 Å².